The highest BCUT2D eigenvalue weighted by Gasteiger charge is 2.30. The van der Waals surface area contributed by atoms with E-state index in [0.717, 1.165) is 21.1 Å². The Balaban J connectivity index is 1.57. The lowest BCUT2D eigenvalue weighted by Crippen LogP contribution is -2.36. The summed E-state index contributed by atoms with van der Waals surface area (Å²) >= 11 is 0. The van der Waals surface area contributed by atoms with Gasteiger partial charge in [0, 0.05) is 32.2 Å². The van der Waals surface area contributed by atoms with Gasteiger partial charge in [-0.25, -0.2) is 21.6 Å². The van der Waals surface area contributed by atoms with Gasteiger partial charge in [0.25, 0.3) is 5.56 Å². The van der Waals surface area contributed by atoms with E-state index >= 15 is 0 Å². The summed E-state index contributed by atoms with van der Waals surface area (Å²) in [4.78, 5) is 13.3. The first-order valence-electron chi connectivity index (χ1n) is 9.82. The highest BCUT2D eigenvalue weighted by atomic mass is 32.2. The molecule has 7 nitrogen and oxygen atoms in total. The van der Waals surface area contributed by atoms with Gasteiger partial charge in [-0.2, -0.15) is 8.99 Å². The molecule has 1 aliphatic rings. The molecule has 0 spiro atoms. The molecule has 1 fully saturated rings. The Labute approximate surface area is 182 Å². The number of halogens is 3. The first kappa shape index (κ1) is 22.0. The van der Waals surface area contributed by atoms with Crippen LogP contribution in [-0.2, 0) is 10.0 Å². The summed E-state index contributed by atoms with van der Waals surface area (Å²) in [5.74, 6) is -1.86. The van der Waals surface area contributed by atoms with Gasteiger partial charge < -0.3 is 4.90 Å². The molecule has 168 valence electrons. The molecular weight excluding hydrogens is 445 g/mol. The van der Waals surface area contributed by atoms with Crippen LogP contribution in [0.2, 0.25) is 0 Å². The van der Waals surface area contributed by atoms with Gasteiger partial charge >= 0.3 is 0 Å². The van der Waals surface area contributed by atoms with Crippen LogP contribution in [0.5, 0.6) is 0 Å². The second kappa shape index (κ2) is 8.75. The summed E-state index contributed by atoms with van der Waals surface area (Å²) in [6, 6.07) is 10.5. The van der Waals surface area contributed by atoms with E-state index in [0.29, 0.717) is 30.5 Å². The van der Waals surface area contributed by atoms with E-state index in [-0.39, 0.29) is 19.6 Å². The van der Waals surface area contributed by atoms with Gasteiger partial charge in [-0.15, -0.1) is 5.10 Å². The molecular formula is C21H19F3N4O3S. The van der Waals surface area contributed by atoms with Crippen LogP contribution in [0.15, 0.2) is 64.3 Å². The third-order valence-corrected chi connectivity index (χ3v) is 7.06. The molecule has 0 saturated carbocycles. The topological polar surface area (TPSA) is 75.5 Å². The Morgan fingerprint density at radius 3 is 2.28 bits per heavy atom. The molecule has 3 aromatic rings. The molecule has 2 aromatic carbocycles. The van der Waals surface area contributed by atoms with Gasteiger partial charge in [0.1, 0.15) is 28.2 Å². The molecule has 0 bridgehead atoms. The Morgan fingerprint density at radius 2 is 1.53 bits per heavy atom. The van der Waals surface area contributed by atoms with Crippen molar-refractivity contribution in [2.24, 2.45) is 0 Å². The minimum atomic E-state index is -4.23. The molecule has 4 rings (SSSR count). The molecule has 32 heavy (non-hydrogen) atoms. The zero-order valence-electron chi connectivity index (χ0n) is 16.8. The minimum Gasteiger partial charge on any atom is -0.354 e. The van der Waals surface area contributed by atoms with E-state index in [1.165, 1.54) is 36.4 Å². The van der Waals surface area contributed by atoms with Crippen LogP contribution < -0.4 is 10.5 Å². The molecule has 1 saturated heterocycles. The third-order valence-electron chi connectivity index (χ3n) is 5.15. The predicted molar refractivity (Wildman–Crippen MR) is 112 cm³/mol. The van der Waals surface area contributed by atoms with Crippen molar-refractivity contribution in [3.05, 3.63) is 82.4 Å². The zero-order chi connectivity index (χ0) is 22.9. The lowest BCUT2D eigenvalue weighted by molar-refractivity contribution is 0.427. The van der Waals surface area contributed by atoms with E-state index in [1.807, 2.05) is 0 Å². The van der Waals surface area contributed by atoms with E-state index < -0.39 is 37.9 Å². The fourth-order valence-electron chi connectivity index (χ4n) is 3.51. The summed E-state index contributed by atoms with van der Waals surface area (Å²) in [7, 11) is -4.23. The molecule has 11 heteroatoms. The number of anilines is 1. The second-order valence-electron chi connectivity index (χ2n) is 7.24. The maximum atomic E-state index is 14.1. The van der Waals surface area contributed by atoms with Crippen molar-refractivity contribution in [2.75, 3.05) is 31.1 Å². The van der Waals surface area contributed by atoms with Crippen LogP contribution >= 0.6 is 0 Å². The highest BCUT2D eigenvalue weighted by Crippen LogP contribution is 2.23. The Kier molecular flexibility index (Phi) is 6.02. The number of aromatic nitrogens is 2. The SMILES string of the molecule is O=c1ccc(N2CCCN(S(=O)(=O)c3cc(F)ccc3F)CC2)nn1-c1ccc(F)cc1. The van der Waals surface area contributed by atoms with Crippen molar-refractivity contribution in [3.8, 4) is 5.69 Å². The number of hydrogen-bond acceptors (Lipinski definition) is 5. The fraction of sp³-hybridized carbons (Fsp3) is 0.238. The highest BCUT2D eigenvalue weighted by molar-refractivity contribution is 7.89. The van der Waals surface area contributed by atoms with Crippen LogP contribution in [0.4, 0.5) is 19.0 Å². The smallest absolute Gasteiger partial charge is 0.271 e. The van der Waals surface area contributed by atoms with Crippen LogP contribution in [0, 0.1) is 17.5 Å². The van der Waals surface area contributed by atoms with Gasteiger partial charge in [0.15, 0.2) is 0 Å². The standard InChI is InChI=1S/C21H19F3N4O3S/c22-15-2-5-17(6-3-15)28-21(29)9-8-20(25-28)26-10-1-11-27(13-12-26)32(30,31)19-14-16(23)4-7-18(19)24/h2-9,14H,1,10-13H2. The zero-order valence-corrected chi connectivity index (χ0v) is 17.6. The van der Waals surface area contributed by atoms with E-state index in [9.17, 15) is 26.4 Å². The van der Waals surface area contributed by atoms with E-state index in [1.54, 1.807) is 4.90 Å². The van der Waals surface area contributed by atoms with Gasteiger partial charge in [0.05, 0.1) is 5.69 Å². The van der Waals surface area contributed by atoms with E-state index in [2.05, 4.69) is 5.10 Å². The van der Waals surface area contributed by atoms with Crippen molar-refractivity contribution in [2.45, 2.75) is 11.3 Å². The van der Waals surface area contributed by atoms with Gasteiger partial charge in [0.2, 0.25) is 10.0 Å². The molecule has 0 atom stereocenters. The summed E-state index contributed by atoms with van der Waals surface area (Å²) in [6.45, 7) is 0.805. The monoisotopic (exact) mass is 464 g/mol. The number of hydrogen-bond donors (Lipinski definition) is 0. The fourth-order valence-corrected chi connectivity index (χ4v) is 5.06. The minimum absolute atomic E-state index is 0.0235. The summed E-state index contributed by atoms with van der Waals surface area (Å²) in [5, 5.41) is 4.34. The normalized spacial score (nSPS) is 15.5. The Morgan fingerprint density at radius 1 is 0.812 bits per heavy atom. The Hall–Kier alpha value is -3.18. The van der Waals surface area contributed by atoms with Crippen molar-refractivity contribution >= 4 is 15.8 Å². The third kappa shape index (κ3) is 4.39. The number of nitrogens with zero attached hydrogens (tertiary/aromatic N) is 4. The second-order valence-corrected chi connectivity index (χ2v) is 9.14. The molecule has 0 aliphatic carbocycles. The number of rotatable bonds is 4. The van der Waals surface area contributed by atoms with Crippen LogP contribution in [-0.4, -0.2) is 48.7 Å². The molecule has 0 amide bonds. The van der Waals surface area contributed by atoms with Crippen molar-refractivity contribution in [1.82, 2.24) is 14.1 Å². The summed E-state index contributed by atoms with van der Waals surface area (Å²) < 4.78 is 68.8. The predicted octanol–water partition coefficient (Wildman–Crippen LogP) is 2.55. The van der Waals surface area contributed by atoms with Crippen molar-refractivity contribution in [3.63, 3.8) is 0 Å². The number of sulfonamides is 1. The maximum Gasteiger partial charge on any atom is 0.271 e. The molecule has 0 radical (unpaired) electrons. The van der Waals surface area contributed by atoms with Crippen LogP contribution in [0.1, 0.15) is 6.42 Å². The summed E-state index contributed by atoms with van der Waals surface area (Å²) in [6.07, 6.45) is 0.410. The van der Waals surface area contributed by atoms with Crippen LogP contribution in [0.25, 0.3) is 5.69 Å². The first-order chi connectivity index (χ1) is 15.3. The average Bonchev–Trinajstić information content (AvgIpc) is 3.03. The Bertz CT molecular complexity index is 1300. The molecule has 0 N–H and O–H groups in total. The molecule has 1 aliphatic heterocycles. The summed E-state index contributed by atoms with van der Waals surface area (Å²) in [5.41, 5.74) is -0.0141. The molecule has 2 heterocycles. The largest absolute Gasteiger partial charge is 0.354 e. The maximum absolute atomic E-state index is 14.1. The lowest BCUT2D eigenvalue weighted by atomic mass is 10.3. The average molecular weight is 464 g/mol. The number of benzene rings is 2. The van der Waals surface area contributed by atoms with E-state index in [4.69, 9.17) is 0 Å². The van der Waals surface area contributed by atoms with Gasteiger partial charge in [-0.1, -0.05) is 0 Å². The van der Waals surface area contributed by atoms with Crippen LogP contribution in [0.3, 0.4) is 0 Å². The van der Waals surface area contributed by atoms with Gasteiger partial charge in [-0.05, 0) is 55.0 Å². The quantitative estimate of drug-likeness (QED) is 0.593. The molecule has 0 unspecified atom stereocenters. The van der Waals surface area contributed by atoms with Crippen molar-refractivity contribution in [1.29, 1.82) is 0 Å². The first-order valence-corrected chi connectivity index (χ1v) is 11.3. The van der Waals surface area contributed by atoms with Gasteiger partial charge in [-0.3, -0.25) is 4.79 Å². The molecule has 1 aromatic heterocycles. The lowest BCUT2D eigenvalue weighted by Gasteiger charge is -2.23. The van der Waals surface area contributed by atoms with Crippen molar-refractivity contribution < 1.29 is 21.6 Å².